The minimum absolute atomic E-state index is 0.599. The maximum atomic E-state index is 6.09. The Hall–Kier alpha value is -0.293. The number of aromatic nitrogens is 1. The van der Waals surface area contributed by atoms with Crippen molar-refractivity contribution in [1.29, 1.82) is 0 Å². The lowest BCUT2D eigenvalue weighted by atomic mass is 10.2. The average Bonchev–Trinajstić information content (AvgIpc) is 2.72. The topological polar surface area (TPSA) is 14.2 Å². The van der Waals surface area contributed by atoms with Crippen molar-refractivity contribution in [1.82, 2.24) is 4.57 Å². The van der Waals surface area contributed by atoms with E-state index in [9.17, 15) is 0 Å². The standard InChI is InChI=1S/C14H19BrClNOSi/c1-19(2,3)9-8-18-10-17-7-6-11-13(17)5-4-12(16)14(11)15/h4-7H,8-10H2,1-3H3. The van der Waals surface area contributed by atoms with Gasteiger partial charge in [0.05, 0.1) is 10.5 Å². The normalized spacial score (nSPS) is 12.3. The zero-order valence-electron chi connectivity index (χ0n) is 11.5. The summed E-state index contributed by atoms with van der Waals surface area (Å²) in [6.45, 7) is 8.52. The largest absolute Gasteiger partial charge is 0.361 e. The van der Waals surface area contributed by atoms with Crippen LogP contribution < -0.4 is 0 Å². The average molecular weight is 361 g/mol. The van der Waals surface area contributed by atoms with Gasteiger partial charge in [0.25, 0.3) is 0 Å². The van der Waals surface area contributed by atoms with Crippen LogP contribution in [0, 0.1) is 0 Å². The highest BCUT2D eigenvalue weighted by molar-refractivity contribution is 9.10. The minimum Gasteiger partial charge on any atom is -0.361 e. The van der Waals surface area contributed by atoms with E-state index >= 15 is 0 Å². The van der Waals surface area contributed by atoms with Crippen LogP contribution in [0.2, 0.25) is 30.7 Å². The summed E-state index contributed by atoms with van der Waals surface area (Å²) in [6.07, 6.45) is 2.04. The molecule has 0 aliphatic heterocycles. The number of fused-ring (bicyclic) bond motifs is 1. The van der Waals surface area contributed by atoms with Gasteiger partial charge in [-0.3, -0.25) is 0 Å². The van der Waals surface area contributed by atoms with E-state index in [-0.39, 0.29) is 0 Å². The van der Waals surface area contributed by atoms with Gasteiger partial charge in [0.15, 0.2) is 0 Å². The summed E-state index contributed by atoms with van der Waals surface area (Å²) in [7, 11) is -1.01. The Morgan fingerprint density at radius 2 is 2.00 bits per heavy atom. The molecule has 2 aromatic rings. The Balaban J connectivity index is 2.04. The van der Waals surface area contributed by atoms with Gasteiger partial charge in [-0.2, -0.15) is 0 Å². The van der Waals surface area contributed by atoms with Gasteiger partial charge in [0, 0.05) is 30.7 Å². The van der Waals surface area contributed by atoms with Gasteiger partial charge in [-0.1, -0.05) is 31.2 Å². The van der Waals surface area contributed by atoms with E-state index in [4.69, 9.17) is 16.3 Å². The van der Waals surface area contributed by atoms with E-state index in [0.29, 0.717) is 6.73 Å². The number of benzene rings is 1. The quantitative estimate of drug-likeness (QED) is 0.516. The van der Waals surface area contributed by atoms with Crippen LogP contribution in [0.3, 0.4) is 0 Å². The van der Waals surface area contributed by atoms with E-state index in [2.05, 4.69) is 46.2 Å². The van der Waals surface area contributed by atoms with Gasteiger partial charge < -0.3 is 9.30 Å². The SMILES string of the molecule is C[Si](C)(C)CCOCn1ccc2c(Br)c(Cl)ccc21. The number of ether oxygens (including phenoxy) is 1. The fraction of sp³-hybridized carbons (Fsp3) is 0.429. The molecule has 0 atom stereocenters. The summed E-state index contributed by atoms with van der Waals surface area (Å²) in [5.41, 5.74) is 1.14. The van der Waals surface area contributed by atoms with E-state index in [0.717, 1.165) is 27.0 Å². The zero-order chi connectivity index (χ0) is 14.0. The molecule has 2 rings (SSSR count). The predicted octanol–water partition coefficient (Wildman–Crippen LogP) is 5.37. The second-order valence-electron chi connectivity index (χ2n) is 5.93. The molecule has 1 aromatic heterocycles. The predicted molar refractivity (Wildman–Crippen MR) is 88.8 cm³/mol. The monoisotopic (exact) mass is 359 g/mol. The highest BCUT2D eigenvalue weighted by Gasteiger charge is 2.12. The highest BCUT2D eigenvalue weighted by atomic mass is 79.9. The Morgan fingerprint density at radius 1 is 1.26 bits per heavy atom. The molecule has 0 N–H and O–H groups in total. The van der Waals surface area contributed by atoms with Gasteiger partial charge in [-0.15, -0.1) is 0 Å². The lowest BCUT2D eigenvalue weighted by molar-refractivity contribution is 0.0902. The van der Waals surface area contributed by atoms with Crippen LogP contribution in [0.25, 0.3) is 10.9 Å². The minimum atomic E-state index is -1.01. The second kappa shape index (κ2) is 6.00. The first-order valence-corrected chi connectivity index (χ1v) is 11.3. The van der Waals surface area contributed by atoms with E-state index in [1.165, 1.54) is 6.04 Å². The first kappa shape index (κ1) is 15.1. The van der Waals surface area contributed by atoms with Gasteiger partial charge in [-0.05, 0) is 40.2 Å². The molecule has 2 nitrogen and oxygen atoms in total. The van der Waals surface area contributed by atoms with Crippen LogP contribution in [0.5, 0.6) is 0 Å². The van der Waals surface area contributed by atoms with Gasteiger partial charge in [0.1, 0.15) is 6.73 Å². The molecule has 0 unspecified atom stereocenters. The molecule has 1 aromatic carbocycles. The molecule has 0 aliphatic carbocycles. The third-order valence-electron chi connectivity index (χ3n) is 3.07. The Kier molecular flexibility index (Phi) is 4.77. The molecular weight excluding hydrogens is 342 g/mol. The van der Waals surface area contributed by atoms with Crippen molar-refractivity contribution in [3.63, 3.8) is 0 Å². The van der Waals surface area contributed by atoms with Crippen molar-refractivity contribution in [2.75, 3.05) is 6.61 Å². The molecule has 1 heterocycles. The number of hydrogen-bond donors (Lipinski definition) is 0. The van der Waals surface area contributed by atoms with Crippen molar-refractivity contribution < 1.29 is 4.74 Å². The maximum absolute atomic E-state index is 6.09. The van der Waals surface area contributed by atoms with Crippen molar-refractivity contribution in [2.45, 2.75) is 32.4 Å². The first-order valence-electron chi connectivity index (χ1n) is 6.39. The molecule has 0 fully saturated rings. The lowest BCUT2D eigenvalue weighted by Gasteiger charge is -2.15. The van der Waals surface area contributed by atoms with Gasteiger partial charge >= 0.3 is 0 Å². The first-order chi connectivity index (χ1) is 8.88. The number of rotatable bonds is 5. The Bertz CT molecular complexity index is 577. The number of hydrogen-bond acceptors (Lipinski definition) is 1. The molecule has 0 spiro atoms. The number of nitrogens with zero attached hydrogens (tertiary/aromatic N) is 1. The summed E-state index contributed by atoms with van der Waals surface area (Å²) in [5, 5.41) is 1.87. The fourth-order valence-electron chi connectivity index (χ4n) is 1.86. The summed E-state index contributed by atoms with van der Waals surface area (Å²) in [5.74, 6) is 0. The van der Waals surface area contributed by atoms with Crippen LogP contribution in [0.4, 0.5) is 0 Å². The maximum Gasteiger partial charge on any atom is 0.122 e. The lowest BCUT2D eigenvalue weighted by Crippen LogP contribution is -2.21. The molecule has 0 amide bonds. The van der Waals surface area contributed by atoms with Crippen LogP contribution in [0.1, 0.15) is 0 Å². The number of halogens is 2. The second-order valence-corrected chi connectivity index (χ2v) is 12.7. The Morgan fingerprint density at radius 3 is 2.68 bits per heavy atom. The Labute approximate surface area is 128 Å². The molecule has 104 valence electrons. The third kappa shape index (κ3) is 3.84. The molecule has 0 saturated carbocycles. The van der Waals surface area contributed by atoms with Crippen molar-refractivity contribution in [2.24, 2.45) is 0 Å². The molecular formula is C14H19BrClNOSi. The van der Waals surface area contributed by atoms with Crippen molar-refractivity contribution >= 4 is 46.5 Å². The molecule has 0 aliphatic rings. The van der Waals surface area contributed by atoms with Crippen molar-refractivity contribution in [3.8, 4) is 0 Å². The van der Waals surface area contributed by atoms with Crippen LogP contribution >= 0.6 is 27.5 Å². The smallest absolute Gasteiger partial charge is 0.122 e. The van der Waals surface area contributed by atoms with Crippen LogP contribution in [-0.4, -0.2) is 19.2 Å². The molecule has 0 bridgehead atoms. The summed E-state index contributed by atoms with van der Waals surface area (Å²) < 4.78 is 8.84. The van der Waals surface area contributed by atoms with Gasteiger partial charge in [-0.25, -0.2) is 0 Å². The molecule has 0 saturated heterocycles. The van der Waals surface area contributed by atoms with E-state index < -0.39 is 8.07 Å². The van der Waals surface area contributed by atoms with Gasteiger partial charge in [0.2, 0.25) is 0 Å². The van der Waals surface area contributed by atoms with Crippen LogP contribution in [0.15, 0.2) is 28.9 Å². The summed E-state index contributed by atoms with van der Waals surface area (Å²) >= 11 is 9.61. The molecule has 19 heavy (non-hydrogen) atoms. The van der Waals surface area contributed by atoms with Crippen LogP contribution in [-0.2, 0) is 11.5 Å². The summed E-state index contributed by atoms with van der Waals surface area (Å²) in [4.78, 5) is 0. The highest BCUT2D eigenvalue weighted by Crippen LogP contribution is 2.31. The third-order valence-corrected chi connectivity index (χ3v) is 6.17. The molecule has 5 heteroatoms. The fourth-order valence-corrected chi connectivity index (χ4v) is 3.25. The van der Waals surface area contributed by atoms with Crippen molar-refractivity contribution in [3.05, 3.63) is 33.9 Å². The summed E-state index contributed by atoms with van der Waals surface area (Å²) in [6, 6.07) is 7.20. The van der Waals surface area contributed by atoms with E-state index in [1.54, 1.807) is 0 Å². The zero-order valence-corrected chi connectivity index (χ0v) is 14.9. The van der Waals surface area contributed by atoms with E-state index in [1.807, 2.05) is 18.3 Å². The molecule has 0 radical (unpaired) electrons.